The monoisotopic (exact) mass is 393 g/mol. The van der Waals surface area contributed by atoms with Gasteiger partial charge in [0.05, 0.1) is 19.3 Å². The van der Waals surface area contributed by atoms with Crippen LogP contribution in [0.5, 0.6) is 5.75 Å². The highest BCUT2D eigenvalue weighted by Gasteiger charge is 2.37. The van der Waals surface area contributed by atoms with Crippen molar-refractivity contribution in [3.05, 3.63) is 59.9 Å². The Morgan fingerprint density at radius 1 is 1.11 bits per heavy atom. The van der Waals surface area contributed by atoms with Gasteiger partial charge in [-0.1, -0.05) is 24.3 Å². The molecule has 1 fully saturated rings. The molecule has 2 aromatic carbocycles. The summed E-state index contributed by atoms with van der Waals surface area (Å²) < 4.78 is 45.9. The van der Waals surface area contributed by atoms with Crippen molar-refractivity contribution in [2.24, 2.45) is 0 Å². The minimum atomic E-state index is -3.76. The number of amides is 1. The first-order valence-corrected chi connectivity index (χ1v) is 9.72. The first-order valence-electron chi connectivity index (χ1n) is 8.32. The third kappa shape index (κ3) is 4.44. The number of benzene rings is 2. The number of rotatable bonds is 6. The molecule has 0 atom stereocenters. The average Bonchev–Trinajstić information content (AvgIpc) is 2.91. The fraction of sp³-hybridized carbons (Fsp3) is 0.278. The van der Waals surface area contributed by atoms with Gasteiger partial charge in [0.1, 0.15) is 11.6 Å². The van der Waals surface area contributed by atoms with Crippen LogP contribution in [0.3, 0.4) is 0 Å². The molecule has 1 N–H and O–H groups in total. The van der Waals surface area contributed by atoms with Gasteiger partial charge in [-0.2, -0.15) is 17.0 Å². The third-order valence-electron chi connectivity index (χ3n) is 4.22. The molecule has 0 saturated carbocycles. The predicted octanol–water partition coefficient (Wildman–Crippen LogP) is 1.84. The van der Waals surface area contributed by atoms with E-state index in [0.717, 1.165) is 4.31 Å². The van der Waals surface area contributed by atoms with E-state index in [1.54, 1.807) is 36.4 Å². The van der Waals surface area contributed by atoms with Crippen LogP contribution in [0.1, 0.15) is 5.56 Å². The first kappa shape index (κ1) is 19.3. The molecular weight excluding hydrogens is 373 g/mol. The van der Waals surface area contributed by atoms with Crippen LogP contribution >= 0.6 is 0 Å². The Morgan fingerprint density at radius 3 is 2.48 bits per heavy atom. The Hall–Kier alpha value is -2.49. The Balaban J connectivity index is 1.64. The van der Waals surface area contributed by atoms with Crippen LogP contribution in [0.4, 0.5) is 10.1 Å². The molecule has 2 aromatic rings. The fourth-order valence-electron chi connectivity index (χ4n) is 2.83. The molecule has 7 nitrogen and oxygen atoms in total. The average molecular weight is 393 g/mol. The zero-order chi connectivity index (χ0) is 19.4. The Labute approximate surface area is 157 Å². The second-order valence-electron chi connectivity index (χ2n) is 6.05. The molecule has 0 aromatic heterocycles. The molecule has 27 heavy (non-hydrogen) atoms. The maximum absolute atomic E-state index is 13.0. The summed E-state index contributed by atoms with van der Waals surface area (Å²) in [6, 6.07) is 12.6. The number of para-hydroxylation sites is 2. The number of halogens is 1. The van der Waals surface area contributed by atoms with Crippen LogP contribution in [0.15, 0.2) is 48.5 Å². The summed E-state index contributed by atoms with van der Waals surface area (Å²) in [5, 5.41) is 2.67. The highest BCUT2D eigenvalue weighted by atomic mass is 32.2. The fourth-order valence-corrected chi connectivity index (χ4v) is 4.37. The van der Waals surface area contributed by atoms with E-state index in [-0.39, 0.29) is 32.0 Å². The largest absolute Gasteiger partial charge is 0.495 e. The van der Waals surface area contributed by atoms with E-state index in [9.17, 15) is 17.6 Å². The molecule has 0 unspecified atom stereocenters. The molecule has 1 saturated heterocycles. The van der Waals surface area contributed by atoms with Crippen molar-refractivity contribution in [3.63, 3.8) is 0 Å². The van der Waals surface area contributed by atoms with E-state index < -0.39 is 16.1 Å². The van der Waals surface area contributed by atoms with Crippen molar-refractivity contribution in [1.29, 1.82) is 0 Å². The third-order valence-corrected chi connectivity index (χ3v) is 6.15. The molecule has 0 aliphatic carbocycles. The SMILES string of the molecule is COc1ccccc1NC(=O)CN1CCN(Cc2ccc(F)cc2)S1(=O)=O. The molecule has 0 bridgehead atoms. The number of carbonyl (C=O) groups excluding carboxylic acids is 1. The molecule has 0 radical (unpaired) electrons. The lowest BCUT2D eigenvalue weighted by atomic mass is 10.2. The minimum Gasteiger partial charge on any atom is -0.495 e. The van der Waals surface area contributed by atoms with Gasteiger partial charge in [-0.15, -0.1) is 0 Å². The number of hydrogen-bond acceptors (Lipinski definition) is 4. The van der Waals surface area contributed by atoms with E-state index >= 15 is 0 Å². The summed E-state index contributed by atoms with van der Waals surface area (Å²) >= 11 is 0. The molecule has 0 spiro atoms. The topological polar surface area (TPSA) is 79.0 Å². The summed E-state index contributed by atoms with van der Waals surface area (Å²) in [6.07, 6.45) is 0. The van der Waals surface area contributed by atoms with Crippen molar-refractivity contribution in [1.82, 2.24) is 8.61 Å². The molecule has 144 valence electrons. The van der Waals surface area contributed by atoms with E-state index in [1.165, 1.54) is 23.5 Å². The van der Waals surface area contributed by atoms with Gasteiger partial charge < -0.3 is 10.1 Å². The number of hydrogen-bond donors (Lipinski definition) is 1. The lowest BCUT2D eigenvalue weighted by Gasteiger charge is -2.18. The summed E-state index contributed by atoms with van der Waals surface area (Å²) in [5.41, 5.74) is 1.16. The van der Waals surface area contributed by atoms with Crippen LogP contribution in [0.2, 0.25) is 0 Å². The van der Waals surface area contributed by atoms with Crippen LogP contribution in [-0.2, 0) is 21.5 Å². The molecule has 1 aliphatic heterocycles. The second-order valence-corrected chi connectivity index (χ2v) is 7.98. The summed E-state index contributed by atoms with van der Waals surface area (Å²) in [7, 11) is -2.27. The molecular formula is C18H20FN3O4S. The van der Waals surface area contributed by atoms with Crippen molar-refractivity contribution >= 4 is 21.8 Å². The Morgan fingerprint density at radius 2 is 1.78 bits per heavy atom. The number of methoxy groups -OCH3 is 1. The van der Waals surface area contributed by atoms with Crippen LogP contribution < -0.4 is 10.1 Å². The van der Waals surface area contributed by atoms with Gasteiger partial charge in [-0.05, 0) is 29.8 Å². The van der Waals surface area contributed by atoms with Crippen molar-refractivity contribution in [3.8, 4) is 5.75 Å². The van der Waals surface area contributed by atoms with Crippen molar-refractivity contribution in [2.75, 3.05) is 32.1 Å². The minimum absolute atomic E-state index is 0.132. The Kier molecular flexibility index (Phi) is 5.73. The van der Waals surface area contributed by atoms with Gasteiger partial charge in [0.2, 0.25) is 5.91 Å². The quantitative estimate of drug-likeness (QED) is 0.812. The zero-order valence-electron chi connectivity index (χ0n) is 14.8. The first-order chi connectivity index (χ1) is 12.9. The number of anilines is 1. The molecule has 9 heteroatoms. The number of nitrogens with one attached hydrogen (secondary N) is 1. The van der Waals surface area contributed by atoms with E-state index in [4.69, 9.17) is 4.74 Å². The molecule has 1 heterocycles. The molecule has 1 amide bonds. The summed E-state index contributed by atoms with van der Waals surface area (Å²) in [4.78, 5) is 12.3. The van der Waals surface area contributed by atoms with E-state index in [2.05, 4.69) is 5.32 Å². The maximum atomic E-state index is 13.0. The van der Waals surface area contributed by atoms with Gasteiger partial charge in [0.25, 0.3) is 10.2 Å². The van der Waals surface area contributed by atoms with E-state index in [1.807, 2.05) is 0 Å². The smallest absolute Gasteiger partial charge is 0.282 e. The van der Waals surface area contributed by atoms with Crippen molar-refractivity contribution < 1.29 is 22.3 Å². The zero-order valence-corrected chi connectivity index (χ0v) is 15.6. The number of carbonyl (C=O) groups is 1. The van der Waals surface area contributed by atoms with Crippen LogP contribution in [0.25, 0.3) is 0 Å². The lowest BCUT2D eigenvalue weighted by molar-refractivity contribution is -0.116. The number of ether oxygens (including phenoxy) is 1. The summed E-state index contributed by atoms with van der Waals surface area (Å²) in [6.45, 7) is 0.318. The molecule has 1 aliphatic rings. The van der Waals surface area contributed by atoms with E-state index in [0.29, 0.717) is 17.0 Å². The normalized spacial score (nSPS) is 17.0. The lowest BCUT2D eigenvalue weighted by Crippen LogP contribution is -2.37. The highest BCUT2D eigenvalue weighted by Crippen LogP contribution is 2.24. The standard InChI is InChI=1S/C18H20FN3O4S/c1-26-17-5-3-2-4-16(17)20-18(23)13-22-11-10-21(27(22,24)25)12-14-6-8-15(19)9-7-14/h2-9H,10-13H2,1H3,(H,20,23). The second kappa shape index (κ2) is 8.03. The van der Waals surface area contributed by atoms with Gasteiger partial charge in [-0.25, -0.2) is 4.39 Å². The van der Waals surface area contributed by atoms with Crippen molar-refractivity contribution in [2.45, 2.75) is 6.54 Å². The predicted molar refractivity (Wildman–Crippen MR) is 98.9 cm³/mol. The van der Waals surface area contributed by atoms with Gasteiger partial charge in [-0.3, -0.25) is 4.79 Å². The summed E-state index contributed by atoms with van der Waals surface area (Å²) in [5.74, 6) is -0.336. The van der Waals surface area contributed by atoms with Gasteiger partial charge >= 0.3 is 0 Å². The van der Waals surface area contributed by atoms with Crippen LogP contribution in [0, 0.1) is 5.82 Å². The van der Waals surface area contributed by atoms with Gasteiger partial charge in [0.15, 0.2) is 0 Å². The Bertz CT molecular complexity index is 918. The van der Waals surface area contributed by atoms with Gasteiger partial charge in [0, 0.05) is 19.6 Å². The maximum Gasteiger partial charge on any atom is 0.282 e. The molecule has 3 rings (SSSR count). The highest BCUT2D eigenvalue weighted by molar-refractivity contribution is 7.87. The number of nitrogens with zero attached hydrogens (tertiary/aromatic N) is 2. The van der Waals surface area contributed by atoms with Crippen LogP contribution in [-0.4, -0.2) is 49.7 Å².